The number of hydrogen-bond acceptors (Lipinski definition) is 1. The zero-order chi connectivity index (χ0) is 16.4. The van der Waals surface area contributed by atoms with Crippen LogP contribution < -0.4 is 0 Å². The molecule has 2 nitrogen and oxygen atoms in total. The molecule has 3 aromatic rings. The van der Waals surface area contributed by atoms with E-state index in [1.165, 1.54) is 5.56 Å². The number of rotatable bonds is 3. The highest BCUT2D eigenvalue weighted by molar-refractivity contribution is 5.97. The molecular weight excluding hydrogens is 294 g/mol. The van der Waals surface area contributed by atoms with E-state index in [1.54, 1.807) is 0 Å². The van der Waals surface area contributed by atoms with E-state index in [9.17, 15) is 4.79 Å². The standard InChI is InChI=1S/C22H19NO/c24-22-20-14-8-7-13-19(20)15-21(18-11-5-2-6-12-18)23(22)16-17-9-3-1-4-10-17/h1-14,21H,15-16H2. The molecule has 0 bridgehead atoms. The van der Waals surface area contributed by atoms with Crippen molar-refractivity contribution in [2.45, 2.75) is 19.0 Å². The Morgan fingerprint density at radius 3 is 2.17 bits per heavy atom. The van der Waals surface area contributed by atoms with Crippen molar-refractivity contribution in [2.24, 2.45) is 0 Å². The van der Waals surface area contributed by atoms with Crippen LogP contribution in [0.4, 0.5) is 0 Å². The van der Waals surface area contributed by atoms with Gasteiger partial charge in [-0.15, -0.1) is 0 Å². The fraction of sp³-hybridized carbons (Fsp3) is 0.136. The lowest BCUT2D eigenvalue weighted by atomic mass is 9.89. The smallest absolute Gasteiger partial charge is 0.254 e. The average Bonchev–Trinajstić information content (AvgIpc) is 2.65. The lowest BCUT2D eigenvalue weighted by Crippen LogP contribution is -2.39. The Hall–Kier alpha value is -2.87. The minimum absolute atomic E-state index is 0.0776. The topological polar surface area (TPSA) is 20.3 Å². The maximum Gasteiger partial charge on any atom is 0.254 e. The monoisotopic (exact) mass is 313 g/mol. The molecule has 0 saturated carbocycles. The highest BCUT2D eigenvalue weighted by Gasteiger charge is 2.32. The average molecular weight is 313 g/mol. The fourth-order valence-electron chi connectivity index (χ4n) is 3.46. The van der Waals surface area contributed by atoms with Crippen LogP contribution in [0.25, 0.3) is 0 Å². The number of carbonyl (C=O) groups is 1. The predicted molar refractivity (Wildman–Crippen MR) is 95.6 cm³/mol. The van der Waals surface area contributed by atoms with Crippen LogP contribution in [0.1, 0.15) is 33.1 Å². The largest absolute Gasteiger partial charge is 0.327 e. The summed E-state index contributed by atoms with van der Waals surface area (Å²) in [5.41, 5.74) is 4.32. The van der Waals surface area contributed by atoms with E-state index < -0.39 is 0 Å². The number of hydrogen-bond donors (Lipinski definition) is 0. The maximum atomic E-state index is 13.1. The van der Waals surface area contributed by atoms with Gasteiger partial charge in [-0.1, -0.05) is 78.9 Å². The zero-order valence-electron chi connectivity index (χ0n) is 13.4. The second-order valence-electron chi connectivity index (χ2n) is 6.21. The Morgan fingerprint density at radius 2 is 1.42 bits per heavy atom. The minimum Gasteiger partial charge on any atom is -0.327 e. The van der Waals surface area contributed by atoms with Gasteiger partial charge in [-0.2, -0.15) is 0 Å². The predicted octanol–water partition coefficient (Wildman–Crippen LogP) is 4.63. The van der Waals surface area contributed by atoms with Gasteiger partial charge < -0.3 is 4.90 Å². The molecule has 1 aliphatic heterocycles. The third-order valence-electron chi connectivity index (χ3n) is 4.68. The van der Waals surface area contributed by atoms with Crippen LogP contribution in [-0.2, 0) is 13.0 Å². The molecule has 0 radical (unpaired) electrons. The summed E-state index contributed by atoms with van der Waals surface area (Å²) in [6.45, 7) is 0.633. The van der Waals surface area contributed by atoms with Crippen LogP contribution in [0, 0.1) is 0 Å². The molecule has 0 saturated heterocycles. The quantitative estimate of drug-likeness (QED) is 0.690. The van der Waals surface area contributed by atoms with Gasteiger partial charge in [0.15, 0.2) is 0 Å². The molecule has 1 amide bonds. The molecule has 0 N–H and O–H groups in total. The highest BCUT2D eigenvalue weighted by Crippen LogP contribution is 2.34. The number of fused-ring (bicyclic) bond motifs is 1. The third kappa shape index (κ3) is 2.71. The fourth-order valence-corrected chi connectivity index (χ4v) is 3.46. The van der Waals surface area contributed by atoms with Gasteiger partial charge in [-0.25, -0.2) is 0 Å². The first-order valence-electron chi connectivity index (χ1n) is 8.30. The van der Waals surface area contributed by atoms with Crippen LogP contribution in [0.2, 0.25) is 0 Å². The van der Waals surface area contributed by atoms with Gasteiger partial charge in [-0.05, 0) is 29.2 Å². The summed E-state index contributed by atoms with van der Waals surface area (Å²) < 4.78 is 0. The van der Waals surface area contributed by atoms with Gasteiger partial charge in [0, 0.05) is 12.1 Å². The molecule has 1 aliphatic rings. The van der Waals surface area contributed by atoms with Crippen LogP contribution in [-0.4, -0.2) is 10.8 Å². The number of carbonyl (C=O) groups excluding carboxylic acids is 1. The number of nitrogens with zero attached hydrogens (tertiary/aromatic N) is 1. The summed E-state index contributed by atoms with van der Waals surface area (Å²) in [5.74, 6) is 0.120. The van der Waals surface area contributed by atoms with Crippen molar-refractivity contribution >= 4 is 5.91 Å². The molecule has 0 aromatic heterocycles. The van der Waals surface area contributed by atoms with Crippen molar-refractivity contribution in [3.63, 3.8) is 0 Å². The van der Waals surface area contributed by atoms with Crippen molar-refractivity contribution in [3.8, 4) is 0 Å². The molecule has 0 spiro atoms. The maximum absolute atomic E-state index is 13.1. The second kappa shape index (κ2) is 6.32. The summed E-state index contributed by atoms with van der Waals surface area (Å²) in [6.07, 6.45) is 0.860. The Morgan fingerprint density at radius 1 is 0.792 bits per heavy atom. The third-order valence-corrected chi connectivity index (χ3v) is 4.68. The summed E-state index contributed by atoms with van der Waals surface area (Å²) in [6, 6.07) is 28.6. The molecule has 0 fully saturated rings. The van der Waals surface area contributed by atoms with Crippen molar-refractivity contribution in [1.29, 1.82) is 0 Å². The summed E-state index contributed by atoms with van der Waals surface area (Å²) in [4.78, 5) is 15.1. The van der Waals surface area contributed by atoms with E-state index in [4.69, 9.17) is 0 Å². The SMILES string of the molecule is O=C1c2ccccc2CC(c2ccccc2)N1Cc1ccccc1. The van der Waals surface area contributed by atoms with E-state index in [2.05, 4.69) is 30.3 Å². The molecular formula is C22H19NO. The molecule has 2 heteroatoms. The van der Waals surface area contributed by atoms with Gasteiger partial charge in [0.25, 0.3) is 5.91 Å². The molecule has 24 heavy (non-hydrogen) atoms. The second-order valence-corrected chi connectivity index (χ2v) is 6.21. The molecule has 4 rings (SSSR count). The highest BCUT2D eigenvalue weighted by atomic mass is 16.2. The van der Waals surface area contributed by atoms with E-state index in [1.807, 2.05) is 59.5 Å². The first kappa shape index (κ1) is 14.7. The van der Waals surface area contributed by atoms with Gasteiger partial charge in [0.1, 0.15) is 0 Å². The lowest BCUT2D eigenvalue weighted by Gasteiger charge is -2.37. The van der Waals surface area contributed by atoms with Crippen molar-refractivity contribution in [2.75, 3.05) is 0 Å². The number of amides is 1. The van der Waals surface area contributed by atoms with Gasteiger partial charge >= 0.3 is 0 Å². The zero-order valence-corrected chi connectivity index (χ0v) is 13.4. The van der Waals surface area contributed by atoms with Gasteiger partial charge in [0.05, 0.1) is 6.04 Å². The molecule has 118 valence electrons. The first-order valence-corrected chi connectivity index (χ1v) is 8.30. The van der Waals surface area contributed by atoms with Crippen LogP contribution in [0.5, 0.6) is 0 Å². The van der Waals surface area contributed by atoms with E-state index in [0.717, 1.165) is 23.1 Å². The van der Waals surface area contributed by atoms with Crippen molar-refractivity contribution in [1.82, 2.24) is 4.90 Å². The molecule has 3 aromatic carbocycles. The summed E-state index contributed by atoms with van der Waals surface area (Å²) in [7, 11) is 0. The minimum atomic E-state index is 0.0776. The van der Waals surface area contributed by atoms with Gasteiger partial charge in [0.2, 0.25) is 0 Å². The Labute approximate surface area is 142 Å². The molecule has 1 atom stereocenters. The van der Waals surface area contributed by atoms with Crippen molar-refractivity contribution in [3.05, 3.63) is 107 Å². The van der Waals surface area contributed by atoms with E-state index >= 15 is 0 Å². The lowest BCUT2D eigenvalue weighted by molar-refractivity contribution is 0.0629. The van der Waals surface area contributed by atoms with Crippen molar-refractivity contribution < 1.29 is 4.79 Å². The van der Waals surface area contributed by atoms with Gasteiger partial charge in [-0.3, -0.25) is 4.79 Å². The van der Waals surface area contributed by atoms with E-state index in [-0.39, 0.29) is 11.9 Å². The molecule has 1 heterocycles. The Bertz CT molecular complexity index is 842. The Kier molecular flexibility index (Phi) is 3.87. The Balaban J connectivity index is 1.76. The summed E-state index contributed by atoms with van der Waals surface area (Å²) in [5, 5.41) is 0. The first-order chi connectivity index (χ1) is 11.8. The molecule has 0 aliphatic carbocycles. The van der Waals surface area contributed by atoms with Crippen LogP contribution >= 0.6 is 0 Å². The van der Waals surface area contributed by atoms with E-state index in [0.29, 0.717) is 6.54 Å². The normalized spacial score (nSPS) is 16.8. The number of benzene rings is 3. The summed E-state index contributed by atoms with van der Waals surface area (Å²) >= 11 is 0. The van der Waals surface area contributed by atoms with Crippen LogP contribution in [0.15, 0.2) is 84.9 Å². The van der Waals surface area contributed by atoms with Crippen LogP contribution in [0.3, 0.4) is 0 Å². The molecule has 1 unspecified atom stereocenters.